The summed E-state index contributed by atoms with van der Waals surface area (Å²) in [7, 11) is 1.65. The van der Waals surface area contributed by atoms with Gasteiger partial charge in [-0.1, -0.05) is 25.7 Å². The lowest BCUT2D eigenvalue weighted by Gasteiger charge is -2.16. The first-order valence-electron chi connectivity index (χ1n) is 14.0. The van der Waals surface area contributed by atoms with E-state index in [0.717, 1.165) is 53.7 Å². The molecular formula is C30H35FN6O2. The number of hydrogen-bond acceptors (Lipinski definition) is 7. The molecular weight excluding hydrogens is 495 g/mol. The zero-order valence-electron chi connectivity index (χ0n) is 22.3. The van der Waals surface area contributed by atoms with Crippen molar-refractivity contribution in [3.63, 3.8) is 0 Å². The van der Waals surface area contributed by atoms with Crippen LogP contribution in [0, 0.1) is 5.82 Å². The van der Waals surface area contributed by atoms with Gasteiger partial charge in [-0.2, -0.15) is 9.61 Å². The molecule has 2 aliphatic rings. The monoisotopic (exact) mass is 530 g/mol. The van der Waals surface area contributed by atoms with Gasteiger partial charge in [0.2, 0.25) is 11.8 Å². The van der Waals surface area contributed by atoms with Crippen LogP contribution in [0.25, 0.3) is 28.0 Å². The van der Waals surface area contributed by atoms with Crippen LogP contribution in [-0.2, 0) is 4.74 Å². The number of benzene rings is 1. The molecule has 0 unspecified atom stereocenters. The highest BCUT2D eigenvalue weighted by molar-refractivity contribution is 5.92. The Bertz CT molecular complexity index is 1410. The van der Waals surface area contributed by atoms with Gasteiger partial charge in [0, 0.05) is 42.7 Å². The molecule has 0 spiro atoms. The minimum Gasteiger partial charge on any atom is -0.475 e. The number of ether oxygens (including phenoxy) is 2. The van der Waals surface area contributed by atoms with Crippen molar-refractivity contribution < 1.29 is 13.9 Å². The third-order valence-electron chi connectivity index (χ3n) is 7.68. The molecule has 6 rings (SSSR count). The SMILES string of the molecule is COCCOc1cc(NC2CCCC2)cc2c(-c3ccnc(NC4CCCC4)n3)c(-c3ccc(F)cc3)nn12. The molecule has 4 aromatic rings. The van der Waals surface area contributed by atoms with Gasteiger partial charge in [0.25, 0.3) is 0 Å². The van der Waals surface area contributed by atoms with Gasteiger partial charge in [-0.05, 0) is 62.1 Å². The fourth-order valence-electron chi connectivity index (χ4n) is 5.72. The van der Waals surface area contributed by atoms with E-state index in [2.05, 4.69) is 21.7 Å². The Kier molecular flexibility index (Phi) is 7.58. The van der Waals surface area contributed by atoms with Gasteiger partial charge in [0.05, 0.1) is 23.4 Å². The van der Waals surface area contributed by atoms with Gasteiger partial charge in [-0.3, -0.25) is 0 Å². The van der Waals surface area contributed by atoms with E-state index in [1.54, 1.807) is 25.4 Å². The Balaban J connectivity index is 1.50. The second kappa shape index (κ2) is 11.6. The summed E-state index contributed by atoms with van der Waals surface area (Å²) in [5, 5.41) is 12.2. The highest BCUT2D eigenvalue weighted by Crippen LogP contribution is 2.38. The first kappa shape index (κ1) is 25.6. The fraction of sp³-hybridized carbons (Fsp3) is 0.433. The summed E-state index contributed by atoms with van der Waals surface area (Å²) >= 11 is 0. The van der Waals surface area contributed by atoms with Crippen LogP contribution in [0.4, 0.5) is 16.0 Å². The zero-order chi connectivity index (χ0) is 26.6. The van der Waals surface area contributed by atoms with Crippen LogP contribution in [0.5, 0.6) is 5.88 Å². The van der Waals surface area contributed by atoms with Crippen molar-refractivity contribution in [2.45, 2.75) is 63.5 Å². The predicted molar refractivity (Wildman–Crippen MR) is 151 cm³/mol. The molecule has 1 aromatic carbocycles. The summed E-state index contributed by atoms with van der Waals surface area (Å²) in [4.78, 5) is 9.45. The van der Waals surface area contributed by atoms with Crippen LogP contribution in [0.2, 0.25) is 0 Å². The Hall–Kier alpha value is -3.72. The molecule has 0 bridgehead atoms. The molecule has 0 saturated heterocycles. The van der Waals surface area contributed by atoms with Crippen LogP contribution in [-0.4, -0.2) is 52.0 Å². The third-order valence-corrected chi connectivity index (χ3v) is 7.68. The van der Waals surface area contributed by atoms with E-state index in [-0.39, 0.29) is 5.82 Å². The average molecular weight is 531 g/mol. The number of halogens is 1. The predicted octanol–water partition coefficient (Wildman–Crippen LogP) is 6.33. The molecule has 0 atom stereocenters. The first-order chi connectivity index (χ1) is 19.2. The van der Waals surface area contributed by atoms with Crippen LogP contribution in [0.3, 0.4) is 0 Å². The lowest BCUT2D eigenvalue weighted by atomic mass is 10.0. The third kappa shape index (κ3) is 5.68. The molecule has 3 heterocycles. The van der Waals surface area contributed by atoms with Crippen molar-refractivity contribution >= 4 is 17.2 Å². The fourth-order valence-corrected chi connectivity index (χ4v) is 5.72. The Morgan fingerprint density at radius 3 is 2.36 bits per heavy atom. The minimum absolute atomic E-state index is 0.291. The maximum Gasteiger partial charge on any atom is 0.223 e. The Morgan fingerprint density at radius 2 is 1.64 bits per heavy atom. The van der Waals surface area contributed by atoms with E-state index in [9.17, 15) is 4.39 Å². The maximum absolute atomic E-state index is 13.9. The highest BCUT2D eigenvalue weighted by Gasteiger charge is 2.23. The summed E-state index contributed by atoms with van der Waals surface area (Å²) in [6, 6.07) is 13.3. The van der Waals surface area contributed by atoms with E-state index >= 15 is 0 Å². The number of anilines is 2. The number of aromatic nitrogens is 4. The summed E-state index contributed by atoms with van der Waals surface area (Å²) in [5.74, 6) is 0.930. The second-order valence-corrected chi connectivity index (χ2v) is 10.5. The normalized spacial score (nSPS) is 16.3. The van der Waals surface area contributed by atoms with Gasteiger partial charge in [0.1, 0.15) is 18.1 Å². The second-order valence-electron chi connectivity index (χ2n) is 10.5. The number of methoxy groups -OCH3 is 1. The molecule has 0 amide bonds. The van der Waals surface area contributed by atoms with Crippen molar-refractivity contribution in [3.05, 3.63) is 54.5 Å². The average Bonchev–Trinajstić information content (AvgIpc) is 3.71. The highest BCUT2D eigenvalue weighted by atomic mass is 19.1. The molecule has 2 N–H and O–H groups in total. The first-order valence-corrected chi connectivity index (χ1v) is 14.0. The molecule has 2 fully saturated rings. The number of rotatable bonds is 10. The molecule has 2 aliphatic carbocycles. The van der Waals surface area contributed by atoms with Crippen molar-refractivity contribution in [2.24, 2.45) is 0 Å². The van der Waals surface area contributed by atoms with Crippen LogP contribution >= 0.6 is 0 Å². The van der Waals surface area contributed by atoms with E-state index in [1.165, 1.54) is 37.8 Å². The van der Waals surface area contributed by atoms with Crippen LogP contribution < -0.4 is 15.4 Å². The van der Waals surface area contributed by atoms with Crippen molar-refractivity contribution in [1.82, 2.24) is 19.6 Å². The lowest BCUT2D eigenvalue weighted by Crippen LogP contribution is -2.16. The zero-order valence-corrected chi connectivity index (χ0v) is 22.3. The van der Waals surface area contributed by atoms with Gasteiger partial charge < -0.3 is 20.1 Å². The number of nitrogens with one attached hydrogen (secondary N) is 2. The van der Waals surface area contributed by atoms with Gasteiger partial charge in [-0.15, -0.1) is 0 Å². The van der Waals surface area contributed by atoms with Crippen LogP contribution in [0.15, 0.2) is 48.7 Å². The molecule has 8 nitrogen and oxygen atoms in total. The summed E-state index contributed by atoms with van der Waals surface area (Å²) in [6.45, 7) is 0.853. The van der Waals surface area contributed by atoms with Crippen molar-refractivity contribution in [1.29, 1.82) is 0 Å². The molecule has 9 heteroatoms. The Morgan fingerprint density at radius 1 is 0.923 bits per heavy atom. The molecule has 39 heavy (non-hydrogen) atoms. The summed E-state index contributed by atoms with van der Waals surface area (Å²) < 4.78 is 27.1. The van der Waals surface area contributed by atoms with Gasteiger partial charge >= 0.3 is 0 Å². The molecule has 2 saturated carbocycles. The van der Waals surface area contributed by atoms with E-state index in [4.69, 9.17) is 19.6 Å². The molecule has 3 aromatic heterocycles. The molecule has 204 valence electrons. The van der Waals surface area contributed by atoms with E-state index in [0.29, 0.717) is 42.8 Å². The van der Waals surface area contributed by atoms with Gasteiger partial charge in [-0.25, -0.2) is 14.4 Å². The van der Waals surface area contributed by atoms with Crippen molar-refractivity contribution in [3.8, 4) is 28.4 Å². The molecule has 0 aliphatic heterocycles. The smallest absolute Gasteiger partial charge is 0.223 e. The number of nitrogens with zero attached hydrogens (tertiary/aromatic N) is 4. The summed E-state index contributed by atoms with van der Waals surface area (Å²) in [5.41, 5.74) is 4.94. The Labute approximate surface area is 228 Å². The quantitative estimate of drug-likeness (QED) is 0.232. The molecule has 0 radical (unpaired) electrons. The van der Waals surface area contributed by atoms with Crippen LogP contribution in [0.1, 0.15) is 51.4 Å². The standard InChI is InChI=1S/C30H35FN6O2/c1-38-16-17-39-27-19-24(33-22-6-2-3-7-22)18-26-28(29(36-37(26)27)20-10-12-21(31)13-11-20)25-14-15-32-30(35-25)34-23-8-4-5-9-23/h10-15,18-19,22-23,33H,2-9,16-17H2,1H3,(H,32,34,35). The van der Waals surface area contributed by atoms with E-state index < -0.39 is 0 Å². The van der Waals surface area contributed by atoms with Gasteiger partial charge in [0.15, 0.2) is 0 Å². The minimum atomic E-state index is -0.291. The topological polar surface area (TPSA) is 85.6 Å². The maximum atomic E-state index is 13.9. The largest absolute Gasteiger partial charge is 0.475 e. The number of hydrogen-bond donors (Lipinski definition) is 2. The number of fused-ring (bicyclic) bond motifs is 1. The van der Waals surface area contributed by atoms with E-state index in [1.807, 2.05) is 16.6 Å². The summed E-state index contributed by atoms with van der Waals surface area (Å²) in [6.07, 6.45) is 11.3. The van der Waals surface area contributed by atoms with Crippen molar-refractivity contribution in [2.75, 3.05) is 31.0 Å². The number of pyridine rings is 1. The lowest BCUT2D eigenvalue weighted by molar-refractivity contribution is 0.142.